The molecule has 3 nitrogen and oxygen atoms in total. The molecule has 1 aromatic rings. The van der Waals surface area contributed by atoms with Gasteiger partial charge in [-0.25, -0.2) is 0 Å². The Hall–Kier alpha value is -1.32. The van der Waals surface area contributed by atoms with Crippen LogP contribution >= 0.6 is 0 Å². The van der Waals surface area contributed by atoms with Crippen LogP contribution in [0.25, 0.3) is 0 Å². The third-order valence-corrected chi connectivity index (χ3v) is 3.77. The molecule has 20 heavy (non-hydrogen) atoms. The molecule has 2 N–H and O–H groups in total. The predicted molar refractivity (Wildman–Crippen MR) is 82.1 cm³/mol. The molecule has 0 radical (unpaired) electrons. The van der Waals surface area contributed by atoms with Crippen molar-refractivity contribution < 1.29 is 9.84 Å². The summed E-state index contributed by atoms with van der Waals surface area (Å²) in [6, 6.07) is 8.49. The zero-order valence-corrected chi connectivity index (χ0v) is 12.1. The van der Waals surface area contributed by atoms with Crippen molar-refractivity contribution in [2.75, 3.05) is 13.2 Å². The van der Waals surface area contributed by atoms with Gasteiger partial charge in [-0.15, -0.1) is 6.58 Å². The molecule has 1 aliphatic carbocycles. The van der Waals surface area contributed by atoms with Gasteiger partial charge in [-0.1, -0.05) is 37.1 Å². The molecule has 0 heterocycles. The van der Waals surface area contributed by atoms with E-state index in [2.05, 4.69) is 11.9 Å². The summed E-state index contributed by atoms with van der Waals surface area (Å²) >= 11 is 0. The Labute approximate surface area is 121 Å². The Bertz CT molecular complexity index is 413. The van der Waals surface area contributed by atoms with E-state index in [1.165, 1.54) is 25.7 Å². The maximum atomic E-state index is 9.98. The fraction of sp³-hybridized carbons (Fsp3) is 0.529. The number of nitrogens with one attached hydrogen (secondary N) is 1. The van der Waals surface area contributed by atoms with Gasteiger partial charge in [0, 0.05) is 12.6 Å². The number of ether oxygens (including phenoxy) is 1. The molecule has 0 bridgehead atoms. The topological polar surface area (TPSA) is 41.5 Å². The van der Waals surface area contributed by atoms with E-state index in [1.807, 2.05) is 30.3 Å². The van der Waals surface area contributed by atoms with Crippen molar-refractivity contribution in [3.05, 3.63) is 42.5 Å². The predicted octanol–water partition coefficient (Wildman–Crippen LogP) is 2.69. The summed E-state index contributed by atoms with van der Waals surface area (Å²) in [5, 5.41) is 13.4. The minimum atomic E-state index is -0.465. The van der Waals surface area contributed by atoms with E-state index >= 15 is 0 Å². The molecular formula is C17H25NO2. The molecule has 1 fully saturated rings. The minimum absolute atomic E-state index is 0.327. The molecule has 1 aromatic carbocycles. The monoisotopic (exact) mass is 275 g/mol. The van der Waals surface area contributed by atoms with Gasteiger partial charge in [0.15, 0.2) is 0 Å². The molecule has 0 aromatic heterocycles. The Kier molecular flexibility index (Phi) is 6.09. The lowest BCUT2D eigenvalue weighted by Gasteiger charge is -2.17. The van der Waals surface area contributed by atoms with Crippen molar-refractivity contribution in [3.63, 3.8) is 0 Å². The summed E-state index contributed by atoms with van der Waals surface area (Å²) in [6.45, 7) is 4.68. The lowest BCUT2D eigenvalue weighted by atomic mass is 10.1. The van der Waals surface area contributed by atoms with Gasteiger partial charge >= 0.3 is 0 Å². The number of hydrogen-bond donors (Lipinski definition) is 2. The molecule has 0 spiro atoms. The second kappa shape index (κ2) is 8.08. The fourth-order valence-electron chi connectivity index (χ4n) is 2.65. The summed E-state index contributed by atoms with van der Waals surface area (Å²) in [6.07, 6.45) is 7.25. The van der Waals surface area contributed by atoms with Crippen molar-refractivity contribution in [1.29, 1.82) is 0 Å². The lowest BCUT2D eigenvalue weighted by molar-refractivity contribution is 0.103. The SMILES string of the molecule is C=CCc1ccccc1OC[C@H](O)CNC1CCCC1. The molecule has 0 aliphatic heterocycles. The first kappa shape index (κ1) is 15.1. The molecule has 1 aliphatic rings. The number of aliphatic hydroxyl groups excluding tert-OH is 1. The number of benzene rings is 1. The van der Waals surface area contributed by atoms with E-state index in [1.54, 1.807) is 0 Å². The quantitative estimate of drug-likeness (QED) is 0.717. The lowest BCUT2D eigenvalue weighted by Crippen LogP contribution is -2.36. The van der Waals surface area contributed by atoms with Crippen LogP contribution in [0.3, 0.4) is 0 Å². The first-order valence-corrected chi connectivity index (χ1v) is 7.52. The van der Waals surface area contributed by atoms with Crippen LogP contribution in [-0.4, -0.2) is 30.4 Å². The Morgan fingerprint density at radius 3 is 2.85 bits per heavy atom. The number of hydrogen-bond acceptors (Lipinski definition) is 3. The van der Waals surface area contributed by atoms with Crippen molar-refractivity contribution in [2.45, 2.75) is 44.2 Å². The summed E-state index contributed by atoms with van der Waals surface area (Å²) in [5.74, 6) is 0.840. The molecule has 1 saturated carbocycles. The van der Waals surface area contributed by atoms with Crippen molar-refractivity contribution in [1.82, 2.24) is 5.32 Å². The molecule has 3 heteroatoms. The molecule has 0 unspecified atom stereocenters. The number of aliphatic hydroxyl groups is 1. The maximum Gasteiger partial charge on any atom is 0.122 e. The van der Waals surface area contributed by atoms with Gasteiger partial charge in [-0.2, -0.15) is 0 Å². The van der Waals surface area contributed by atoms with Crippen LogP contribution in [0.1, 0.15) is 31.2 Å². The van der Waals surface area contributed by atoms with Gasteiger partial charge in [0.25, 0.3) is 0 Å². The molecule has 0 amide bonds. The highest BCUT2D eigenvalue weighted by Crippen LogP contribution is 2.19. The Morgan fingerprint density at radius 1 is 1.35 bits per heavy atom. The molecule has 1 atom stereocenters. The first-order chi connectivity index (χ1) is 9.79. The van der Waals surface area contributed by atoms with Gasteiger partial charge in [-0.3, -0.25) is 0 Å². The summed E-state index contributed by atoms with van der Waals surface area (Å²) in [5.41, 5.74) is 1.11. The summed E-state index contributed by atoms with van der Waals surface area (Å²) in [7, 11) is 0. The van der Waals surface area contributed by atoms with E-state index in [0.29, 0.717) is 19.2 Å². The van der Waals surface area contributed by atoms with Crippen LogP contribution in [-0.2, 0) is 6.42 Å². The van der Waals surface area contributed by atoms with Crippen LogP contribution in [0.15, 0.2) is 36.9 Å². The summed E-state index contributed by atoms with van der Waals surface area (Å²) < 4.78 is 5.73. The van der Waals surface area contributed by atoms with Crippen LogP contribution in [0, 0.1) is 0 Å². The molecular weight excluding hydrogens is 250 g/mol. The van der Waals surface area contributed by atoms with Crippen LogP contribution < -0.4 is 10.1 Å². The van der Waals surface area contributed by atoms with Crippen molar-refractivity contribution in [2.24, 2.45) is 0 Å². The second-order valence-corrected chi connectivity index (χ2v) is 5.45. The van der Waals surface area contributed by atoms with Gasteiger partial charge in [-0.05, 0) is 30.9 Å². The van der Waals surface area contributed by atoms with Crippen LogP contribution in [0.2, 0.25) is 0 Å². The molecule has 2 rings (SSSR count). The normalized spacial score (nSPS) is 17.1. The highest BCUT2D eigenvalue weighted by atomic mass is 16.5. The highest BCUT2D eigenvalue weighted by molar-refractivity contribution is 5.34. The second-order valence-electron chi connectivity index (χ2n) is 5.45. The van der Waals surface area contributed by atoms with Gasteiger partial charge in [0.05, 0.1) is 0 Å². The zero-order valence-electron chi connectivity index (χ0n) is 12.1. The maximum absolute atomic E-state index is 9.98. The molecule has 110 valence electrons. The standard InChI is InChI=1S/C17H25NO2/c1-2-7-14-8-3-6-11-17(14)20-13-16(19)12-18-15-9-4-5-10-15/h2-3,6,8,11,15-16,18-19H,1,4-5,7,9-10,12-13H2/t16-/m1/s1. The van der Waals surface area contributed by atoms with Gasteiger partial charge < -0.3 is 15.2 Å². The van der Waals surface area contributed by atoms with E-state index in [-0.39, 0.29) is 0 Å². The number of rotatable bonds is 8. The van der Waals surface area contributed by atoms with Crippen molar-refractivity contribution >= 4 is 0 Å². The number of para-hydroxylation sites is 1. The average Bonchev–Trinajstić information content (AvgIpc) is 2.98. The minimum Gasteiger partial charge on any atom is -0.491 e. The third kappa shape index (κ3) is 4.66. The highest BCUT2D eigenvalue weighted by Gasteiger charge is 2.16. The first-order valence-electron chi connectivity index (χ1n) is 7.52. The Morgan fingerprint density at radius 2 is 2.10 bits per heavy atom. The van der Waals surface area contributed by atoms with Gasteiger partial charge in [0.1, 0.15) is 18.5 Å². The largest absolute Gasteiger partial charge is 0.491 e. The van der Waals surface area contributed by atoms with E-state index in [9.17, 15) is 5.11 Å². The van der Waals surface area contributed by atoms with Crippen LogP contribution in [0.4, 0.5) is 0 Å². The third-order valence-electron chi connectivity index (χ3n) is 3.77. The number of allylic oxidation sites excluding steroid dienone is 1. The van der Waals surface area contributed by atoms with Crippen LogP contribution in [0.5, 0.6) is 5.75 Å². The Balaban J connectivity index is 1.74. The van der Waals surface area contributed by atoms with E-state index in [4.69, 9.17) is 4.74 Å². The molecule has 0 saturated heterocycles. The zero-order chi connectivity index (χ0) is 14.2. The average molecular weight is 275 g/mol. The van der Waals surface area contributed by atoms with E-state index in [0.717, 1.165) is 17.7 Å². The van der Waals surface area contributed by atoms with Crippen molar-refractivity contribution in [3.8, 4) is 5.75 Å². The van der Waals surface area contributed by atoms with E-state index < -0.39 is 6.10 Å². The summed E-state index contributed by atoms with van der Waals surface area (Å²) in [4.78, 5) is 0. The fourth-order valence-corrected chi connectivity index (χ4v) is 2.65. The smallest absolute Gasteiger partial charge is 0.122 e. The van der Waals surface area contributed by atoms with Gasteiger partial charge in [0.2, 0.25) is 0 Å².